The quantitative estimate of drug-likeness (QED) is 0.889. The molecule has 136 valence electrons. The summed E-state index contributed by atoms with van der Waals surface area (Å²) in [5, 5.41) is 7.05. The molecular weight excluding hydrogens is 348 g/mol. The molecule has 0 radical (unpaired) electrons. The molecule has 2 atom stereocenters. The van der Waals surface area contributed by atoms with Crippen molar-refractivity contribution in [2.24, 2.45) is 0 Å². The van der Waals surface area contributed by atoms with Gasteiger partial charge in [0.15, 0.2) is 0 Å². The third kappa shape index (κ3) is 3.52. The number of nitrogens with zero attached hydrogens (tertiary/aromatic N) is 1. The molecule has 2 aromatic rings. The van der Waals surface area contributed by atoms with Crippen LogP contribution in [0.4, 0.5) is 5.69 Å². The fourth-order valence-corrected chi connectivity index (χ4v) is 4.43. The van der Waals surface area contributed by atoms with E-state index in [4.69, 9.17) is 4.74 Å². The van der Waals surface area contributed by atoms with E-state index in [1.165, 1.54) is 5.56 Å². The van der Waals surface area contributed by atoms with Crippen molar-refractivity contribution in [2.75, 3.05) is 18.5 Å². The number of ether oxygens (including phenoxy) is 1. The summed E-state index contributed by atoms with van der Waals surface area (Å²) in [6.45, 7) is 1.40. The van der Waals surface area contributed by atoms with E-state index in [-0.39, 0.29) is 24.0 Å². The van der Waals surface area contributed by atoms with Gasteiger partial charge in [0.2, 0.25) is 0 Å². The zero-order valence-electron chi connectivity index (χ0n) is 14.5. The van der Waals surface area contributed by atoms with E-state index in [9.17, 15) is 9.59 Å². The number of thiophene rings is 1. The molecule has 0 aliphatic carbocycles. The Bertz CT molecular complexity index is 784. The third-order valence-electron chi connectivity index (χ3n) is 5.04. The van der Waals surface area contributed by atoms with Crippen LogP contribution in [0.2, 0.25) is 0 Å². The second kappa shape index (κ2) is 7.60. The standard InChI is InChI=1S/C20H22N2O3S/c23-19(18-7-3-10-25-18)21-16-5-1-4-14(12-16)20(24)22-9-2-6-17(22)15-8-11-26-13-15/h1,4-5,8,11-13,17-18H,2-3,6-7,9-10H2,(H,21,23)/t17-,18-/m0/s1. The molecule has 2 aliphatic rings. The van der Waals surface area contributed by atoms with E-state index in [0.29, 0.717) is 17.9 Å². The Morgan fingerprint density at radius 2 is 2.12 bits per heavy atom. The van der Waals surface area contributed by atoms with Crippen molar-refractivity contribution in [3.8, 4) is 0 Å². The maximum atomic E-state index is 13.0. The molecule has 1 aromatic carbocycles. The van der Waals surface area contributed by atoms with Gasteiger partial charge in [-0.3, -0.25) is 9.59 Å². The number of amides is 2. The molecule has 2 fully saturated rings. The average molecular weight is 370 g/mol. The lowest BCUT2D eigenvalue weighted by Crippen LogP contribution is -2.30. The minimum Gasteiger partial charge on any atom is -0.368 e. The van der Waals surface area contributed by atoms with Gasteiger partial charge in [0.1, 0.15) is 6.10 Å². The monoisotopic (exact) mass is 370 g/mol. The minimum atomic E-state index is -0.379. The predicted molar refractivity (Wildman–Crippen MR) is 101 cm³/mol. The molecule has 2 amide bonds. The van der Waals surface area contributed by atoms with Crippen molar-refractivity contribution in [1.29, 1.82) is 0 Å². The highest BCUT2D eigenvalue weighted by Gasteiger charge is 2.31. The zero-order chi connectivity index (χ0) is 17.9. The van der Waals surface area contributed by atoms with Gasteiger partial charge >= 0.3 is 0 Å². The van der Waals surface area contributed by atoms with E-state index >= 15 is 0 Å². The van der Waals surface area contributed by atoms with Crippen molar-refractivity contribution in [1.82, 2.24) is 4.90 Å². The van der Waals surface area contributed by atoms with E-state index < -0.39 is 0 Å². The maximum Gasteiger partial charge on any atom is 0.254 e. The molecule has 2 aliphatic heterocycles. The summed E-state index contributed by atoms with van der Waals surface area (Å²) >= 11 is 1.66. The van der Waals surface area contributed by atoms with Crippen molar-refractivity contribution in [3.05, 3.63) is 52.2 Å². The first-order chi connectivity index (χ1) is 12.7. The minimum absolute atomic E-state index is 0.0203. The Balaban J connectivity index is 1.48. The topological polar surface area (TPSA) is 58.6 Å². The first kappa shape index (κ1) is 17.2. The lowest BCUT2D eigenvalue weighted by molar-refractivity contribution is -0.124. The van der Waals surface area contributed by atoms with Crippen molar-refractivity contribution < 1.29 is 14.3 Å². The van der Waals surface area contributed by atoms with Gasteiger partial charge in [-0.15, -0.1) is 0 Å². The highest BCUT2D eigenvalue weighted by molar-refractivity contribution is 7.08. The molecule has 0 saturated carbocycles. The van der Waals surface area contributed by atoms with Gasteiger partial charge in [0.25, 0.3) is 11.8 Å². The van der Waals surface area contributed by atoms with Crippen LogP contribution in [-0.4, -0.2) is 36.0 Å². The average Bonchev–Trinajstić information content (AvgIpc) is 3.43. The van der Waals surface area contributed by atoms with Crippen LogP contribution in [0.25, 0.3) is 0 Å². The van der Waals surface area contributed by atoms with Crippen LogP contribution in [0, 0.1) is 0 Å². The number of carbonyl (C=O) groups excluding carboxylic acids is 2. The van der Waals surface area contributed by atoms with Crippen LogP contribution in [0.1, 0.15) is 47.6 Å². The van der Waals surface area contributed by atoms with Gasteiger partial charge in [-0.25, -0.2) is 0 Å². The first-order valence-electron chi connectivity index (χ1n) is 9.08. The van der Waals surface area contributed by atoms with Gasteiger partial charge in [-0.2, -0.15) is 11.3 Å². The number of likely N-dealkylation sites (tertiary alicyclic amines) is 1. The van der Waals surface area contributed by atoms with Gasteiger partial charge in [-0.1, -0.05) is 6.07 Å². The first-order valence-corrected chi connectivity index (χ1v) is 10.0. The molecule has 5 nitrogen and oxygen atoms in total. The summed E-state index contributed by atoms with van der Waals surface area (Å²) in [7, 11) is 0. The van der Waals surface area contributed by atoms with Gasteiger partial charge < -0.3 is 15.0 Å². The van der Waals surface area contributed by atoms with Crippen LogP contribution >= 0.6 is 11.3 Å². The third-order valence-corrected chi connectivity index (χ3v) is 5.74. The smallest absolute Gasteiger partial charge is 0.254 e. The molecular formula is C20H22N2O3S. The summed E-state index contributed by atoms with van der Waals surface area (Å²) in [5.41, 5.74) is 2.46. The largest absolute Gasteiger partial charge is 0.368 e. The van der Waals surface area contributed by atoms with E-state index in [0.717, 1.165) is 32.2 Å². The summed E-state index contributed by atoms with van der Waals surface area (Å²) < 4.78 is 5.42. The highest BCUT2D eigenvalue weighted by atomic mass is 32.1. The van der Waals surface area contributed by atoms with E-state index in [1.807, 2.05) is 23.1 Å². The molecule has 4 rings (SSSR count). The molecule has 2 saturated heterocycles. The molecule has 6 heteroatoms. The number of hydrogen-bond acceptors (Lipinski definition) is 4. The summed E-state index contributed by atoms with van der Waals surface area (Å²) in [6.07, 6.45) is 3.30. The Hall–Kier alpha value is -2.18. The molecule has 0 unspecified atom stereocenters. The fraction of sp³-hybridized carbons (Fsp3) is 0.400. The lowest BCUT2D eigenvalue weighted by Gasteiger charge is -2.24. The number of rotatable bonds is 4. The number of carbonyl (C=O) groups is 2. The molecule has 0 bridgehead atoms. The van der Waals surface area contributed by atoms with Crippen molar-refractivity contribution in [3.63, 3.8) is 0 Å². The van der Waals surface area contributed by atoms with Crippen molar-refractivity contribution >= 4 is 28.8 Å². The summed E-state index contributed by atoms with van der Waals surface area (Å²) in [6, 6.07) is 9.45. The Morgan fingerprint density at radius 1 is 1.19 bits per heavy atom. The summed E-state index contributed by atoms with van der Waals surface area (Å²) in [4.78, 5) is 27.2. The number of anilines is 1. The molecule has 1 N–H and O–H groups in total. The van der Waals surface area contributed by atoms with Crippen LogP contribution in [0.15, 0.2) is 41.1 Å². The lowest BCUT2D eigenvalue weighted by atomic mass is 10.1. The number of hydrogen-bond donors (Lipinski definition) is 1. The van der Waals surface area contributed by atoms with Crippen molar-refractivity contribution in [2.45, 2.75) is 37.8 Å². The fourth-order valence-electron chi connectivity index (χ4n) is 3.72. The highest BCUT2D eigenvalue weighted by Crippen LogP contribution is 2.34. The van der Waals surface area contributed by atoms with Crippen LogP contribution in [0.5, 0.6) is 0 Å². The molecule has 1 aromatic heterocycles. The van der Waals surface area contributed by atoms with Gasteiger partial charge in [0, 0.05) is 24.4 Å². The SMILES string of the molecule is O=C(Nc1cccc(C(=O)N2CCC[C@H]2c2ccsc2)c1)[C@@H]1CCCO1. The maximum absolute atomic E-state index is 13.0. The zero-order valence-corrected chi connectivity index (χ0v) is 15.3. The van der Waals surface area contributed by atoms with Gasteiger partial charge in [-0.05, 0) is 66.3 Å². The normalized spacial score (nSPS) is 22.5. The van der Waals surface area contributed by atoms with Crippen LogP contribution in [-0.2, 0) is 9.53 Å². The van der Waals surface area contributed by atoms with Gasteiger partial charge in [0.05, 0.1) is 6.04 Å². The Labute approximate surface area is 157 Å². The summed E-state index contributed by atoms with van der Waals surface area (Å²) in [5.74, 6) is -0.115. The molecule has 0 spiro atoms. The number of nitrogens with one attached hydrogen (secondary N) is 1. The number of benzene rings is 1. The predicted octanol–water partition coefficient (Wildman–Crippen LogP) is 3.84. The van der Waals surface area contributed by atoms with Crippen LogP contribution in [0.3, 0.4) is 0 Å². The Kier molecular flexibility index (Phi) is 5.04. The van der Waals surface area contributed by atoms with E-state index in [2.05, 4.69) is 22.1 Å². The van der Waals surface area contributed by atoms with E-state index in [1.54, 1.807) is 17.4 Å². The second-order valence-electron chi connectivity index (χ2n) is 6.78. The van der Waals surface area contributed by atoms with Crippen LogP contribution < -0.4 is 5.32 Å². The Morgan fingerprint density at radius 3 is 2.88 bits per heavy atom. The second-order valence-corrected chi connectivity index (χ2v) is 7.57. The molecule has 26 heavy (non-hydrogen) atoms. The molecule has 3 heterocycles.